The average molecular weight is 362 g/mol. The summed E-state index contributed by atoms with van der Waals surface area (Å²) in [5.41, 5.74) is 2.27. The predicted molar refractivity (Wildman–Crippen MR) is 86.9 cm³/mol. The topological polar surface area (TPSA) is 12.0 Å². The van der Waals surface area contributed by atoms with Crippen molar-refractivity contribution in [1.29, 1.82) is 0 Å². The molecule has 4 heteroatoms. The van der Waals surface area contributed by atoms with Crippen molar-refractivity contribution in [2.24, 2.45) is 5.92 Å². The molecule has 0 bridgehead atoms. The molecule has 22 heavy (non-hydrogen) atoms. The van der Waals surface area contributed by atoms with Gasteiger partial charge in [-0.15, -0.1) is 0 Å². The van der Waals surface area contributed by atoms with Gasteiger partial charge in [-0.1, -0.05) is 40.2 Å². The van der Waals surface area contributed by atoms with Gasteiger partial charge in [0, 0.05) is 16.5 Å². The van der Waals surface area contributed by atoms with Gasteiger partial charge >= 0.3 is 0 Å². The fourth-order valence-electron chi connectivity index (χ4n) is 3.65. The van der Waals surface area contributed by atoms with Gasteiger partial charge in [0.05, 0.1) is 11.7 Å². The Morgan fingerprint density at radius 2 is 2.00 bits per heavy atom. The molecule has 1 aliphatic heterocycles. The van der Waals surface area contributed by atoms with E-state index in [1.165, 1.54) is 6.07 Å². The molecule has 3 atom stereocenters. The lowest BCUT2D eigenvalue weighted by molar-refractivity contribution is 0.418. The van der Waals surface area contributed by atoms with E-state index < -0.39 is 11.6 Å². The minimum Gasteiger partial charge on any atom is -0.375 e. The Morgan fingerprint density at radius 1 is 1.14 bits per heavy atom. The Morgan fingerprint density at radius 3 is 2.82 bits per heavy atom. The van der Waals surface area contributed by atoms with Crippen LogP contribution in [0.15, 0.2) is 53.0 Å². The molecule has 2 aromatic carbocycles. The van der Waals surface area contributed by atoms with E-state index in [9.17, 15) is 8.78 Å². The summed E-state index contributed by atoms with van der Waals surface area (Å²) in [6, 6.07) is 10.5. The van der Waals surface area contributed by atoms with Crippen LogP contribution in [0.1, 0.15) is 29.5 Å². The summed E-state index contributed by atoms with van der Waals surface area (Å²) in [5, 5.41) is 3.30. The summed E-state index contributed by atoms with van der Waals surface area (Å²) in [5.74, 6) is -0.694. The van der Waals surface area contributed by atoms with E-state index in [2.05, 4.69) is 39.5 Å². The highest BCUT2D eigenvalue weighted by atomic mass is 79.9. The van der Waals surface area contributed by atoms with E-state index >= 15 is 0 Å². The number of anilines is 1. The van der Waals surface area contributed by atoms with Crippen LogP contribution in [0.25, 0.3) is 0 Å². The Labute approximate surface area is 136 Å². The van der Waals surface area contributed by atoms with Gasteiger partial charge in [-0.05, 0) is 41.7 Å². The number of halogens is 3. The van der Waals surface area contributed by atoms with E-state index in [0.29, 0.717) is 5.69 Å². The normalized spacial score (nSPS) is 25.5. The Bertz CT molecular complexity index is 772. The Kier molecular flexibility index (Phi) is 3.30. The van der Waals surface area contributed by atoms with E-state index in [4.69, 9.17) is 0 Å². The molecule has 1 heterocycles. The number of fused-ring (bicyclic) bond motifs is 3. The number of hydrogen-bond acceptors (Lipinski definition) is 1. The van der Waals surface area contributed by atoms with Gasteiger partial charge in [0.1, 0.15) is 11.6 Å². The molecule has 0 fully saturated rings. The largest absolute Gasteiger partial charge is 0.375 e. The van der Waals surface area contributed by atoms with Crippen molar-refractivity contribution in [1.82, 2.24) is 0 Å². The zero-order valence-corrected chi connectivity index (χ0v) is 13.3. The van der Waals surface area contributed by atoms with Crippen molar-refractivity contribution < 1.29 is 8.78 Å². The second-order valence-electron chi connectivity index (χ2n) is 5.88. The minimum absolute atomic E-state index is 0.0185. The molecular weight excluding hydrogens is 348 g/mol. The van der Waals surface area contributed by atoms with Crippen molar-refractivity contribution in [3.8, 4) is 0 Å². The third kappa shape index (κ3) is 2.17. The van der Waals surface area contributed by atoms with Crippen LogP contribution >= 0.6 is 15.9 Å². The number of allylic oxidation sites excluding steroid dienone is 2. The molecule has 1 nitrogen and oxygen atoms in total. The maximum atomic E-state index is 14.2. The zero-order valence-electron chi connectivity index (χ0n) is 11.7. The van der Waals surface area contributed by atoms with E-state index in [-0.39, 0.29) is 17.9 Å². The molecule has 2 aromatic rings. The van der Waals surface area contributed by atoms with Gasteiger partial charge in [-0.25, -0.2) is 8.78 Å². The van der Waals surface area contributed by atoms with Crippen molar-refractivity contribution in [2.45, 2.75) is 18.4 Å². The molecule has 0 radical (unpaired) electrons. The molecule has 0 unspecified atom stereocenters. The first kappa shape index (κ1) is 13.9. The fourth-order valence-corrected chi connectivity index (χ4v) is 4.07. The van der Waals surface area contributed by atoms with E-state index in [0.717, 1.165) is 28.1 Å². The summed E-state index contributed by atoms with van der Waals surface area (Å²) >= 11 is 3.49. The quantitative estimate of drug-likeness (QED) is 0.656. The molecule has 0 saturated carbocycles. The van der Waals surface area contributed by atoms with Gasteiger partial charge in [0.2, 0.25) is 0 Å². The first-order chi connectivity index (χ1) is 10.6. The van der Waals surface area contributed by atoms with E-state index in [1.807, 2.05) is 18.2 Å². The lowest BCUT2D eigenvalue weighted by Gasteiger charge is -2.37. The van der Waals surface area contributed by atoms with Gasteiger partial charge in [0.25, 0.3) is 0 Å². The van der Waals surface area contributed by atoms with Crippen molar-refractivity contribution in [3.05, 3.63) is 75.8 Å². The Balaban J connectivity index is 1.84. The third-order valence-corrected chi connectivity index (χ3v) is 5.09. The van der Waals surface area contributed by atoms with E-state index in [1.54, 1.807) is 0 Å². The highest BCUT2D eigenvalue weighted by Gasteiger charge is 2.39. The summed E-state index contributed by atoms with van der Waals surface area (Å²) in [6.45, 7) is 0. The van der Waals surface area contributed by atoms with Gasteiger partial charge < -0.3 is 5.32 Å². The van der Waals surface area contributed by atoms with Gasteiger partial charge in [-0.3, -0.25) is 0 Å². The van der Waals surface area contributed by atoms with Crippen LogP contribution in [0.3, 0.4) is 0 Å². The van der Waals surface area contributed by atoms with Crippen molar-refractivity contribution in [3.63, 3.8) is 0 Å². The number of benzene rings is 2. The van der Waals surface area contributed by atoms with Crippen LogP contribution < -0.4 is 5.32 Å². The monoisotopic (exact) mass is 361 g/mol. The minimum atomic E-state index is -0.520. The molecule has 0 amide bonds. The second kappa shape index (κ2) is 5.20. The first-order valence-corrected chi connectivity index (χ1v) is 8.10. The third-order valence-electron chi connectivity index (χ3n) is 4.59. The highest BCUT2D eigenvalue weighted by molar-refractivity contribution is 9.10. The van der Waals surface area contributed by atoms with Crippen LogP contribution in [-0.4, -0.2) is 0 Å². The summed E-state index contributed by atoms with van der Waals surface area (Å²) in [4.78, 5) is 0. The zero-order chi connectivity index (χ0) is 15.3. The van der Waals surface area contributed by atoms with Crippen LogP contribution in [0.5, 0.6) is 0 Å². The molecule has 0 spiro atoms. The van der Waals surface area contributed by atoms with Crippen molar-refractivity contribution >= 4 is 21.6 Å². The SMILES string of the molecule is Fc1cc(F)c2c(c1)[C@@H]1C=CC[C@@H]1[C@@H](c1cccc(Br)c1)N2. The standard InChI is InChI=1S/C18H14BrF2N/c19-11-4-1-3-10(7-11)17-14-6-2-5-13(14)15-8-12(20)9-16(21)18(15)22-17/h1-5,7-9,13-14,17,22H,6H2/t13-,14+,17-/m1/s1. The number of hydrogen-bond donors (Lipinski definition) is 1. The molecule has 2 aliphatic rings. The molecule has 0 saturated heterocycles. The molecule has 0 aromatic heterocycles. The summed E-state index contributed by atoms with van der Waals surface area (Å²) < 4.78 is 28.8. The van der Waals surface area contributed by atoms with Crippen LogP contribution in [-0.2, 0) is 0 Å². The lowest BCUT2D eigenvalue weighted by atomic mass is 9.77. The molecule has 4 rings (SSSR count). The number of rotatable bonds is 1. The summed E-state index contributed by atoms with van der Waals surface area (Å²) in [7, 11) is 0. The van der Waals surface area contributed by atoms with Crippen LogP contribution in [0.4, 0.5) is 14.5 Å². The first-order valence-electron chi connectivity index (χ1n) is 7.31. The lowest BCUT2D eigenvalue weighted by Crippen LogP contribution is -2.29. The second-order valence-corrected chi connectivity index (χ2v) is 6.80. The number of nitrogens with one attached hydrogen (secondary N) is 1. The highest BCUT2D eigenvalue weighted by Crippen LogP contribution is 2.50. The average Bonchev–Trinajstić information content (AvgIpc) is 2.96. The Hall–Kier alpha value is -1.68. The maximum Gasteiger partial charge on any atom is 0.149 e. The summed E-state index contributed by atoms with van der Waals surface area (Å²) in [6.07, 6.45) is 5.10. The van der Waals surface area contributed by atoms with Crippen LogP contribution in [0.2, 0.25) is 0 Å². The molecule has 1 aliphatic carbocycles. The molecule has 1 N–H and O–H groups in total. The molecule has 112 valence electrons. The maximum absolute atomic E-state index is 14.2. The predicted octanol–water partition coefficient (Wildman–Crippen LogP) is 5.55. The van der Waals surface area contributed by atoms with Gasteiger partial charge in [-0.2, -0.15) is 0 Å². The van der Waals surface area contributed by atoms with Gasteiger partial charge in [0.15, 0.2) is 0 Å². The smallest absolute Gasteiger partial charge is 0.149 e. The van der Waals surface area contributed by atoms with Crippen LogP contribution in [0, 0.1) is 17.6 Å². The molecular formula is C18H14BrF2N. The van der Waals surface area contributed by atoms with Crippen molar-refractivity contribution in [2.75, 3.05) is 5.32 Å². The fraction of sp³-hybridized carbons (Fsp3) is 0.222.